The predicted octanol–water partition coefficient (Wildman–Crippen LogP) is 1.73. The predicted molar refractivity (Wildman–Crippen MR) is 82.3 cm³/mol. The molecule has 3 N–H and O–H groups in total. The van der Waals surface area contributed by atoms with Gasteiger partial charge in [0.2, 0.25) is 10.0 Å². The Morgan fingerprint density at radius 2 is 2.11 bits per heavy atom. The fourth-order valence-electron chi connectivity index (χ4n) is 1.34. The van der Waals surface area contributed by atoms with Crippen molar-refractivity contribution in [3.63, 3.8) is 0 Å². The van der Waals surface area contributed by atoms with Crippen molar-refractivity contribution in [2.24, 2.45) is 0 Å². The van der Waals surface area contributed by atoms with Crippen LogP contribution in [0, 0.1) is 0 Å². The third-order valence-corrected chi connectivity index (χ3v) is 5.94. The monoisotopic (exact) mass is 388 g/mol. The molecule has 5 nitrogen and oxygen atoms in total. The second kappa shape index (κ2) is 7.03. The van der Waals surface area contributed by atoms with Crippen LogP contribution in [0.1, 0.15) is 6.42 Å². The van der Waals surface area contributed by atoms with Crippen molar-refractivity contribution in [2.75, 3.05) is 24.3 Å². The summed E-state index contributed by atoms with van der Waals surface area (Å²) in [5.41, 5.74) is 5.90. The Balaban J connectivity index is 2.86. The second-order valence-electron chi connectivity index (χ2n) is 3.84. The molecule has 0 aromatic heterocycles. The van der Waals surface area contributed by atoms with Crippen LogP contribution >= 0.6 is 27.5 Å². The highest BCUT2D eigenvalue weighted by molar-refractivity contribution is 9.10. The zero-order valence-corrected chi connectivity index (χ0v) is 14.1. The maximum Gasteiger partial charge on any atom is 0.241 e. The molecule has 1 aromatic carbocycles. The van der Waals surface area contributed by atoms with Crippen LogP contribution in [0.15, 0.2) is 21.5 Å². The fourth-order valence-corrected chi connectivity index (χ4v) is 4.25. The molecule has 0 fully saturated rings. The normalized spacial score (nSPS) is 13.4. The highest BCUT2D eigenvalue weighted by Gasteiger charge is 2.19. The van der Waals surface area contributed by atoms with Crippen LogP contribution in [-0.4, -0.2) is 31.2 Å². The number of anilines is 1. The number of nitrogens with one attached hydrogen (secondary N) is 1. The molecule has 0 aliphatic rings. The molecule has 0 bridgehead atoms. The minimum Gasteiger partial charge on any atom is -0.398 e. The molecule has 0 aliphatic heterocycles. The molecular formula is C10H14BrClN2O3S2. The molecule has 0 saturated carbocycles. The third kappa shape index (κ3) is 5.03. The molecule has 1 aromatic rings. The first-order valence-corrected chi connectivity index (χ1v) is 9.66. The summed E-state index contributed by atoms with van der Waals surface area (Å²) < 4.78 is 37.7. The molecular weight excluding hydrogens is 376 g/mol. The van der Waals surface area contributed by atoms with E-state index in [9.17, 15) is 12.6 Å². The summed E-state index contributed by atoms with van der Waals surface area (Å²) in [5, 5.41) is 0.246. The number of nitrogen functional groups attached to an aromatic ring is 1. The first-order valence-electron chi connectivity index (χ1n) is 5.28. The molecule has 0 radical (unpaired) electrons. The maximum atomic E-state index is 12.1. The van der Waals surface area contributed by atoms with Gasteiger partial charge >= 0.3 is 0 Å². The molecule has 1 rings (SSSR count). The maximum absolute atomic E-state index is 12.1. The summed E-state index contributed by atoms with van der Waals surface area (Å²) >= 11 is 8.93. The zero-order valence-electron chi connectivity index (χ0n) is 10.2. The molecule has 19 heavy (non-hydrogen) atoms. The van der Waals surface area contributed by atoms with Crippen LogP contribution in [0.2, 0.25) is 5.02 Å². The van der Waals surface area contributed by atoms with E-state index in [-0.39, 0.29) is 26.6 Å². The van der Waals surface area contributed by atoms with E-state index in [4.69, 9.17) is 17.3 Å². The van der Waals surface area contributed by atoms with E-state index < -0.39 is 20.8 Å². The van der Waals surface area contributed by atoms with Gasteiger partial charge in [0.05, 0.1) is 9.37 Å². The third-order valence-electron chi connectivity index (χ3n) is 2.22. The number of nitrogens with two attached hydrogens (primary N) is 1. The lowest BCUT2D eigenvalue weighted by atomic mass is 10.3. The standard InChI is InChI=1S/C10H14BrClN2O3S2/c1-18(15)4-2-3-14-19(16,17)9-6-7(12)5-8(13)10(9)11/h5-6,14H,2-4,13H2,1H3. The van der Waals surface area contributed by atoms with Gasteiger partial charge in [-0.1, -0.05) is 11.6 Å². The van der Waals surface area contributed by atoms with Crippen LogP contribution in [-0.2, 0) is 20.8 Å². The van der Waals surface area contributed by atoms with E-state index in [1.807, 2.05) is 0 Å². The first kappa shape index (κ1) is 16.9. The van der Waals surface area contributed by atoms with Crippen LogP contribution in [0.3, 0.4) is 0 Å². The van der Waals surface area contributed by atoms with Gasteiger partial charge in [0.1, 0.15) is 0 Å². The van der Waals surface area contributed by atoms with Gasteiger partial charge in [-0.25, -0.2) is 13.1 Å². The average Bonchev–Trinajstić information content (AvgIpc) is 2.29. The molecule has 1 unspecified atom stereocenters. The second-order valence-corrected chi connectivity index (χ2v) is 8.36. The lowest BCUT2D eigenvalue weighted by Gasteiger charge is -2.10. The highest BCUT2D eigenvalue weighted by Crippen LogP contribution is 2.31. The summed E-state index contributed by atoms with van der Waals surface area (Å²) in [6, 6.07) is 2.78. The van der Waals surface area contributed by atoms with Crippen molar-refractivity contribution < 1.29 is 12.6 Å². The van der Waals surface area contributed by atoms with Crippen LogP contribution in [0.4, 0.5) is 5.69 Å². The molecule has 9 heteroatoms. The number of rotatable bonds is 6. The van der Waals surface area contributed by atoms with Gasteiger partial charge in [0.25, 0.3) is 0 Å². The van der Waals surface area contributed by atoms with Gasteiger partial charge in [-0.05, 0) is 34.5 Å². The van der Waals surface area contributed by atoms with E-state index in [2.05, 4.69) is 20.7 Å². The van der Waals surface area contributed by atoms with E-state index in [0.717, 1.165) is 0 Å². The number of hydrogen-bond donors (Lipinski definition) is 2. The number of hydrogen-bond acceptors (Lipinski definition) is 4. The van der Waals surface area contributed by atoms with E-state index in [0.29, 0.717) is 12.2 Å². The fraction of sp³-hybridized carbons (Fsp3) is 0.400. The van der Waals surface area contributed by atoms with E-state index >= 15 is 0 Å². The van der Waals surface area contributed by atoms with Crippen molar-refractivity contribution in [3.05, 3.63) is 21.6 Å². The number of halogens is 2. The van der Waals surface area contributed by atoms with Crippen molar-refractivity contribution in [3.8, 4) is 0 Å². The van der Waals surface area contributed by atoms with Gasteiger partial charge in [-0.2, -0.15) is 0 Å². The first-order chi connectivity index (χ1) is 8.74. The minimum atomic E-state index is -3.69. The number of sulfonamides is 1. The van der Waals surface area contributed by atoms with Crippen molar-refractivity contribution >= 4 is 54.0 Å². The number of benzene rings is 1. The molecule has 108 valence electrons. The van der Waals surface area contributed by atoms with Gasteiger partial charge in [-0.15, -0.1) is 0 Å². The Kier molecular flexibility index (Phi) is 6.25. The Morgan fingerprint density at radius 1 is 1.47 bits per heavy atom. The van der Waals surface area contributed by atoms with Crippen LogP contribution < -0.4 is 10.5 Å². The van der Waals surface area contributed by atoms with Gasteiger partial charge in [0, 0.05) is 40.1 Å². The molecule has 0 amide bonds. The van der Waals surface area contributed by atoms with Crippen molar-refractivity contribution in [1.82, 2.24) is 4.72 Å². The summed E-state index contributed by atoms with van der Waals surface area (Å²) in [7, 11) is -4.63. The van der Waals surface area contributed by atoms with Crippen molar-refractivity contribution in [2.45, 2.75) is 11.3 Å². The Bertz CT molecular complexity index is 593. The smallest absolute Gasteiger partial charge is 0.241 e. The van der Waals surface area contributed by atoms with Gasteiger partial charge < -0.3 is 5.73 Å². The molecule has 0 spiro atoms. The molecule has 0 saturated heterocycles. The lowest BCUT2D eigenvalue weighted by molar-refractivity contribution is 0.580. The van der Waals surface area contributed by atoms with E-state index in [1.165, 1.54) is 12.1 Å². The quantitative estimate of drug-likeness (QED) is 0.573. The minimum absolute atomic E-state index is 0.00452. The van der Waals surface area contributed by atoms with Crippen LogP contribution in [0.25, 0.3) is 0 Å². The van der Waals surface area contributed by atoms with Gasteiger partial charge in [-0.3, -0.25) is 4.21 Å². The molecule has 0 heterocycles. The highest BCUT2D eigenvalue weighted by atomic mass is 79.9. The summed E-state index contributed by atoms with van der Waals surface area (Å²) in [4.78, 5) is -0.00452. The largest absolute Gasteiger partial charge is 0.398 e. The zero-order chi connectivity index (χ0) is 14.6. The molecule has 0 aliphatic carbocycles. The summed E-state index contributed by atoms with van der Waals surface area (Å²) in [6.07, 6.45) is 2.07. The Labute approximate surface area is 128 Å². The summed E-state index contributed by atoms with van der Waals surface area (Å²) in [6.45, 7) is 0.209. The Morgan fingerprint density at radius 3 is 2.68 bits per heavy atom. The average molecular weight is 390 g/mol. The van der Waals surface area contributed by atoms with E-state index in [1.54, 1.807) is 6.26 Å². The van der Waals surface area contributed by atoms with Gasteiger partial charge in [0.15, 0.2) is 0 Å². The molecule has 1 atom stereocenters. The summed E-state index contributed by atoms with van der Waals surface area (Å²) in [5.74, 6) is 0.446. The topological polar surface area (TPSA) is 89.3 Å². The van der Waals surface area contributed by atoms with Crippen LogP contribution in [0.5, 0.6) is 0 Å². The van der Waals surface area contributed by atoms with Crippen molar-refractivity contribution in [1.29, 1.82) is 0 Å². The SMILES string of the molecule is CS(=O)CCCNS(=O)(=O)c1cc(Cl)cc(N)c1Br. The Hall–Kier alpha value is -0.150. The lowest BCUT2D eigenvalue weighted by Crippen LogP contribution is -2.26.